The standard InChI is InChI=1S/C25H27ClN2O3S/c1-18(2)20-10-12-22(13-11-20)28(32(30,31)23-14-8-19(3)9-15-23)17-25(29)27-16-21-6-4-5-7-24(21)26/h4-15,18H,16-17H2,1-3H3,(H,27,29). The van der Waals surface area contributed by atoms with Gasteiger partial charge in [0.05, 0.1) is 10.6 Å². The second-order valence-electron chi connectivity index (χ2n) is 7.94. The third-order valence-corrected chi connectivity index (χ3v) is 7.33. The van der Waals surface area contributed by atoms with Gasteiger partial charge in [-0.2, -0.15) is 0 Å². The minimum Gasteiger partial charge on any atom is -0.350 e. The fourth-order valence-corrected chi connectivity index (χ4v) is 4.82. The molecule has 168 valence electrons. The Kier molecular flexibility index (Phi) is 7.59. The third-order valence-electron chi connectivity index (χ3n) is 5.18. The van der Waals surface area contributed by atoms with Gasteiger partial charge in [-0.1, -0.05) is 73.5 Å². The van der Waals surface area contributed by atoms with E-state index >= 15 is 0 Å². The third kappa shape index (κ3) is 5.69. The number of aryl methyl sites for hydroxylation is 1. The zero-order valence-corrected chi connectivity index (χ0v) is 20.0. The van der Waals surface area contributed by atoms with E-state index in [0.29, 0.717) is 16.6 Å². The van der Waals surface area contributed by atoms with Gasteiger partial charge in [0, 0.05) is 11.6 Å². The first-order valence-corrected chi connectivity index (χ1v) is 12.2. The second kappa shape index (κ2) is 10.2. The summed E-state index contributed by atoms with van der Waals surface area (Å²) in [4.78, 5) is 12.9. The molecule has 0 aliphatic heterocycles. The summed E-state index contributed by atoms with van der Waals surface area (Å²) >= 11 is 6.16. The molecule has 0 spiro atoms. The van der Waals surface area contributed by atoms with E-state index in [1.807, 2.05) is 37.3 Å². The minimum atomic E-state index is -3.94. The molecular weight excluding hydrogens is 444 g/mol. The van der Waals surface area contributed by atoms with E-state index in [1.54, 1.807) is 42.5 Å². The Bertz CT molecular complexity index is 1170. The van der Waals surface area contributed by atoms with Crippen LogP contribution in [0.4, 0.5) is 5.69 Å². The van der Waals surface area contributed by atoms with Crippen LogP contribution in [0.15, 0.2) is 77.7 Å². The summed E-state index contributed by atoms with van der Waals surface area (Å²) in [5.41, 5.74) is 3.23. The van der Waals surface area contributed by atoms with E-state index < -0.39 is 15.9 Å². The molecule has 0 bridgehead atoms. The Balaban J connectivity index is 1.88. The van der Waals surface area contributed by atoms with E-state index in [-0.39, 0.29) is 18.0 Å². The van der Waals surface area contributed by atoms with Gasteiger partial charge in [0.15, 0.2) is 0 Å². The lowest BCUT2D eigenvalue weighted by atomic mass is 10.0. The number of halogens is 1. The molecule has 1 N–H and O–H groups in total. The van der Waals surface area contributed by atoms with Crippen LogP contribution in [-0.2, 0) is 21.4 Å². The van der Waals surface area contributed by atoms with Crippen molar-refractivity contribution < 1.29 is 13.2 Å². The smallest absolute Gasteiger partial charge is 0.264 e. The topological polar surface area (TPSA) is 66.5 Å². The van der Waals surface area contributed by atoms with Crippen molar-refractivity contribution in [3.63, 3.8) is 0 Å². The monoisotopic (exact) mass is 470 g/mol. The van der Waals surface area contributed by atoms with Crippen molar-refractivity contribution in [2.24, 2.45) is 0 Å². The van der Waals surface area contributed by atoms with Gasteiger partial charge >= 0.3 is 0 Å². The average molecular weight is 471 g/mol. The Morgan fingerprint density at radius 2 is 1.59 bits per heavy atom. The zero-order valence-electron chi connectivity index (χ0n) is 18.4. The molecule has 0 unspecified atom stereocenters. The SMILES string of the molecule is Cc1ccc(S(=O)(=O)N(CC(=O)NCc2ccccc2Cl)c2ccc(C(C)C)cc2)cc1. The van der Waals surface area contributed by atoms with Crippen LogP contribution >= 0.6 is 11.6 Å². The lowest BCUT2D eigenvalue weighted by Gasteiger charge is -2.24. The highest BCUT2D eigenvalue weighted by atomic mass is 35.5. The summed E-state index contributed by atoms with van der Waals surface area (Å²) in [6, 6.07) is 21.0. The average Bonchev–Trinajstić information content (AvgIpc) is 2.77. The van der Waals surface area contributed by atoms with Crippen molar-refractivity contribution in [2.45, 2.75) is 38.1 Å². The Morgan fingerprint density at radius 1 is 0.969 bits per heavy atom. The predicted molar refractivity (Wildman–Crippen MR) is 130 cm³/mol. The maximum Gasteiger partial charge on any atom is 0.264 e. The van der Waals surface area contributed by atoms with E-state index in [9.17, 15) is 13.2 Å². The molecule has 3 aromatic carbocycles. The molecule has 3 aromatic rings. The fourth-order valence-electron chi connectivity index (χ4n) is 3.20. The van der Waals surface area contributed by atoms with Crippen LogP contribution in [-0.4, -0.2) is 20.9 Å². The number of hydrogen-bond acceptors (Lipinski definition) is 3. The van der Waals surface area contributed by atoms with Gasteiger partial charge in [0.1, 0.15) is 6.54 Å². The van der Waals surface area contributed by atoms with Gasteiger partial charge in [0.2, 0.25) is 5.91 Å². The second-order valence-corrected chi connectivity index (χ2v) is 10.2. The number of sulfonamides is 1. The van der Waals surface area contributed by atoms with Gasteiger partial charge in [-0.3, -0.25) is 9.10 Å². The molecule has 0 saturated heterocycles. The number of carbonyl (C=O) groups excluding carboxylic acids is 1. The first kappa shape index (κ1) is 23.8. The Morgan fingerprint density at radius 3 is 2.19 bits per heavy atom. The van der Waals surface area contributed by atoms with Crippen LogP contribution in [0.2, 0.25) is 5.02 Å². The van der Waals surface area contributed by atoms with Crippen molar-refractivity contribution in [3.8, 4) is 0 Å². The maximum absolute atomic E-state index is 13.5. The van der Waals surface area contributed by atoms with E-state index in [2.05, 4.69) is 19.2 Å². The number of anilines is 1. The van der Waals surface area contributed by atoms with Crippen molar-refractivity contribution in [3.05, 3.63) is 94.5 Å². The summed E-state index contributed by atoms with van der Waals surface area (Å²) in [6.45, 7) is 5.89. The van der Waals surface area contributed by atoms with Gasteiger partial charge in [-0.05, 0) is 54.3 Å². The first-order valence-electron chi connectivity index (χ1n) is 10.4. The maximum atomic E-state index is 13.5. The van der Waals surface area contributed by atoms with Crippen LogP contribution in [0.5, 0.6) is 0 Å². The molecule has 3 rings (SSSR count). The summed E-state index contributed by atoms with van der Waals surface area (Å²) < 4.78 is 28.0. The van der Waals surface area contributed by atoms with Crippen LogP contribution in [0.1, 0.15) is 36.5 Å². The largest absolute Gasteiger partial charge is 0.350 e. The van der Waals surface area contributed by atoms with Crippen LogP contribution in [0.25, 0.3) is 0 Å². The van der Waals surface area contributed by atoms with E-state index in [1.165, 1.54) is 0 Å². The number of nitrogens with zero attached hydrogens (tertiary/aromatic N) is 1. The number of nitrogens with one attached hydrogen (secondary N) is 1. The molecule has 0 atom stereocenters. The quantitative estimate of drug-likeness (QED) is 0.486. The summed E-state index contributed by atoms with van der Waals surface area (Å²) in [5.74, 6) is -0.112. The number of rotatable bonds is 8. The van der Waals surface area contributed by atoms with E-state index in [4.69, 9.17) is 11.6 Å². The highest BCUT2D eigenvalue weighted by Gasteiger charge is 2.27. The Labute approximate surface area is 195 Å². The lowest BCUT2D eigenvalue weighted by molar-refractivity contribution is -0.119. The van der Waals surface area contributed by atoms with Crippen molar-refractivity contribution >= 4 is 33.2 Å². The zero-order chi connectivity index (χ0) is 23.3. The molecule has 0 aliphatic rings. The number of amides is 1. The summed E-state index contributed by atoms with van der Waals surface area (Å²) in [7, 11) is -3.94. The summed E-state index contributed by atoms with van der Waals surface area (Å²) in [5, 5.41) is 3.32. The number of hydrogen-bond donors (Lipinski definition) is 1. The van der Waals surface area contributed by atoms with Gasteiger partial charge in [-0.15, -0.1) is 0 Å². The highest BCUT2D eigenvalue weighted by molar-refractivity contribution is 7.92. The van der Waals surface area contributed by atoms with Gasteiger partial charge < -0.3 is 5.32 Å². The Hall–Kier alpha value is -2.83. The molecule has 7 heteroatoms. The normalized spacial score (nSPS) is 11.4. The van der Waals surface area contributed by atoms with E-state index in [0.717, 1.165) is 21.0 Å². The number of carbonyl (C=O) groups is 1. The van der Waals surface area contributed by atoms with Crippen LogP contribution in [0.3, 0.4) is 0 Å². The molecule has 32 heavy (non-hydrogen) atoms. The van der Waals surface area contributed by atoms with Crippen molar-refractivity contribution in [2.75, 3.05) is 10.8 Å². The molecule has 1 amide bonds. The molecule has 5 nitrogen and oxygen atoms in total. The highest BCUT2D eigenvalue weighted by Crippen LogP contribution is 2.26. The number of benzene rings is 3. The van der Waals surface area contributed by atoms with Gasteiger partial charge in [0.25, 0.3) is 10.0 Å². The molecule has 0 saturated carbocycles. The molecular formula is C25H27ClN2O3S. The van der Waals surface area contributed by atoms with Crippen LogP contribution < -0.4 is 9.62 Å². The lowest BCUT2D eigenvalue weighted by Crippen LogP contribution is -2.40. The predicted octanol–water partition coefficient (Wildman–Crippen LogP) is 5.28. The molecule has 0 heterocycles. The van der Waals surface area contributed by atoms with Gasteiger partial charge in [-0.25, -0.2) is 8.42 Å². The summed E-state index contributed by atoms with van der Waals surface area (Å²) in [6.07, 6.45) is 0. The minimum absolute atomic E-state index is 0.134. The van der Waals surface area contributed by atoms with Crippen LogP contribution in [0, 0.1) is 6.92 Å². The molecule has 0 aliphatic carbocycles. The molecule has 0 aromatic heterocycles. The van der Waals surface area contributed by atoms with Crippen molar-refractivity contribution in [1.82, 2.24) is 5.32 Å². The fraction of sp³-hybridized carbons (Fsp3) is 0.240. The first-order chi connectivity index (χ1) is 15.2. The molecule has 0 radical (unpaired) electrons. The molecule has 0 fully saturated rings. The van der Waals surface area contributed by atoms with Crippen molar-refractivity contribution in [1.29, 1.82) is 0 Å².